The van der Waals surface area contributed by atoms with Crippen LogP contribution in [0.3, 0.4) is 0 Å². The van der Waals surface area contributed by atoms with Gasteiger partial charge in [-0.25, -0.2) is 0 Å². The number of quaternary nitrogens is 1. The molecule has 0 radical (unpaired) electrons. The summed E-state index contributed by atoms with van der Waals surface area (Å²) in [7, 11) is 3.35. The highest BCUT2D eigenvalue weighted by atomic mass is 35.5. The van der Waals surface area contributed by atoms with Gasteiger partial charge >= 0.3 is 0 Å². The highest BCUT2D eigenvalue weighted by Gasteiger charge is 2.76. The Hall–Kier alpha value is -1.47. The molecule has 7 atom stereocenters. The predicted octanol–water partition coefficient (Wildman–Crippen LogP) is -0.175. The molecule has 1 unspecified atom stereocenters. The number of methoxy groups -OCH3 is 2. The van der Waals surface area contributed by atoms with Crippen molar-refractivity contribution in [2.45, 2.75) is 42.9 Å². The normalized spacial score (nSPS) is 42.0. The number of alkyl halides is 1. The summed E-state index contributed by atoms with van der Waals surface area (Å²) < 4.78 is 18.6. The Labute approximate surface area is 199 Å². The van der Waals surface area contributed by atoms with Crippen LogP contribution in [0.1, 0.15) is 24.8 Å². The fourth-order valence-corrected chi connectivity index (χ4v) is 8.87. The maximum atomic E-state index is 13.6. The van der Waals surface area contributed by atoms with Gasteiger partial charge in [-0.05, 0) is 23.1 Å². The number of benzene rings is 1. The number of hydrogen-bond acceptors (Lipinski definition) is 4. The van der Waals surface area contributed by atoms with Gasteiger partial charge in [0.1, 0.15) is 12.6 Å². The molecule has 4 fully saturated rings. The topological polar surface area (TPSA) is 48.0 Å². The SMILES string of the molecule is COc1cc2c(cc1OC)[C@@]13CC[N+]4(CCl)CC5=CCO[C@H]6CC(=O)N2[C@H]1[C@H]6[C@H]5C[C@@H]34.[Cl-]. The molecule has 1 aromatic carbocycles. The summed E-state index contributed by atoms with van der Waals surface area (Å²) >= 11 is 6.74. The van der Waals surface area contributed by atoms with Gasteiger partial charge in [0, 0.05) is 24.8 Å². The van der Waals surface area contributed by atoms with Crippen LogP contribution in [0.5, 0.6) is 11.5 Å². The summed E-state index contributed by atoms with van der Waals surface area (Å²) in [5, 5.41) is 0. The van der Waals surface area contributed by atoms with E-state index in [1.54, 1.807) is 14.2 Å². The molecule has 1 spiro atoms. The Balaban J connectivity index is 0.00000196. The largest absolute Gasteiger partial charge is 1.00 e. The van der Waals surface area contributed by atoms with Gasteiger partial charge in [-0.15, -0.1) is 0 Å². The highest BCUT2D eigenvalue weighted by molar-refractivity contribution is 6.17. The molecule has 0 N–H and O–H groups in total. The maximum absolute atomic E-state index is 13.6. The van der Waals surface area contributed by atoms with Gasteiger partial charge < -0.3 is 36.0 Å². The van der Waals surface area contributed by atoms with Crippen LogP contribution in [0.4, 0.5) is 5.69 Å². The van der Waals surface area contributed by atoms with Crippen LogP contribution >= 0.6 is 11.6 Å². The Morgan fingerprint density at radius 3 is 2.81 bits per heavy atom. The first-order valence-electron chi connectivity index (χ1n) is 11.4. The van der Waals surface area contributed by atoms with Crippen molar-refractivity contribution in [3.05, 3.63) is 29.3 Å². The van der Waals surface area contributed by atoms with Gasteiger partial charge in [0.25, 0.3) is 0 Å². The molecule has 172 valence electrons. The first-order chi connectivity index (χ1) is 15.1. The van der Waals surface area contributed by atoms with E-state index in [1.165, 1.54) is 11.1 Å². The zero-order valence-corrected chi connectivity index (χ0v) is 19.9. The molecule has 6 aliphatic rings. The number of anilines is 1. The van der Waals surface area contributed by atoms with E-state index in [2.05, 4.69) is 17.0 Å². The molecule has 1 amide bonds. The number of nitrogens with zero attached hydrogens (tertiary/aromatic N) is 2. The third kappa shape index (κ3) is 2.18. The Morgan fingerprint density at radius 2 is 2.06 bits per heavy atom. The fraction of sp³-hybridized carbons (Fsp3) is 0.625. The number of fused-ring (bicyclic) bond motifs is 2. The third-order valence-corrected chi connectivity index (χ3v) is 10.0. The third-order valence-electron chi connectivity index (χ3n) is 9.54. The van der Waals surface area contributed by atoms with E-state index in [0.29, 0.717) is 42.7 Å². The Bertz CT molecular complexity index is 1050. The van der Waals surface area contributed by atoms with E-state index in [-0.39, 0.29) is 35.9 Å². The van der Waals surface area contributed by atoms with E-state index in [4.69, 9.17) is 25.8 Å². The van der Waals surface area contributed by atoms with Crippen molar-refractivity contribution >= 4 is 23.2 Å². The summed E-state index contributed by atoms with van der Waals surface area (Å²) in [6, 6.07) is 5.35. The van der Waals surface area contributed by atoms with Crippen molar-refractivity contribution in [2.24, 2.45) is 11.8 Å². The van der Waals surface area contributed by atoms with Gasteiger partial charge in [-0.2, -0.15) is 0 Å². The average Bonchev–Trinajstić information content (AvgIpc) is 3.22. The summed E-state index contributed by atoms with van der Waals surface area (Å²) in [4.78, 5) is 15.7. The fourth-order valence-electron chi connectivity index (χ4n) is 8.50. The second-order valence-electron chi connectivity index (χ2n) is 10.2. The Morgan fingerprint density at radius 1 is 1.28 bits per heavy atom. The number of carbonyl (C=O) groups excluding carboxylic acids is 1. The van der Waals surface area contributed by atoms with E-state index in [0.717, 1.165) is 41.9 Å². The van der Waals surface area contributed by atoms with Gasteiger partial charge in [0.05, 0.1) is 57.0 Å². The lowest BCUT2D eigenvalue weighted by atomic mass is 9.53. The highest BCUT2D eigenvalue weighted by Crippen LogP contribution is 2.68. The molecule has 1 saturated carbocycles. The van der Waals surface area contributed by atoms with Crippen molar-refractivity contribution in [1.29, 1.82) is 0 Å². The minimum atomic E-state index is -0.0987. The molecular formula is C24H28Cl2N2O4. The van der Waals surface area contributed by atoms with Gasteiger partial charge in [-0.3, -0.25) is 4.79 Å². The number of carbonyl (C=O) groups is 1. The van der Waals surface area contributed by atoms with Crippen molar-refractivity contribution < 1.29 is 35.9 Å². The minimum Gasteiger partial charge on any atom is -1.00 e. The van der Waals surface area contributed by atoms with Crippen LogP contribution in [-0.2, 0) is 14.9 Å². The first kappa shape index (κ1) is 21.1. The number of ether oxygens (including phenoxy) is 3. The van der Waals surface area contributed by atoms with E-state index >= 15 is 0 Å². The van der Waals surface area contributed by atoms with Crippen LogP contribution in [0.15, 0.2) is 23.8 Å². The zero-order chi connectivity index (χ0) is 21.1. The average molecular weight is 479 g/mol. The molecule has 32 heavy (non-hydrogen) atoms. The first-order valence-corrected chi connectivity index (χ1v) is 11.9. The second-order valence-corrected chi connectivity index (χ2v) is 10.5. The zero-order valence-electron chi connectivity index (χ0n) is 18.4. The van der Waals surface area contributed by atoms with Gasteiger partial charge in [0.15, 0.2) is 17.5 Å². The lowest BCUT2D eigenvalue weighted by molar-refractivity contribution is -0.933. The number of halogens is 2. The number of amides is 1. The van der Waals surface area contributed by atoms with Crippen LogP contribution in [0.2, 0.25) is 0 Å². The molecule has 8 heteroatoms. The summed E-state index contributed by atoms with van der Waals surface area (Å²) in [5.74, 6) is 2.42. The van der Waals surface area contributed by atoms with Crippen molar-refractivity contribution in [1.82, 2.24) is 0 Å². The van der Waals surface area contributed by atoms with Crippen molar-refractivity contribution in [2.75, 3.05) is 44.8 Å². The molecule has 1 aromatic rings. The number of hydrogen-bond donors (Lipinski definition) is 0. The molecule has 7 rings (SSSR count). The molecule has 1 aliphatic carbocycles. The van der Waals surface area contributed by atoms with Crippen LogP contribution in [0, 0.1) is 11.8 Å². The monoisotopic (exact) mass is 478 g/mol. The van der Waals surface area contributed by atoms with Crippen LogP contribution < -0.4 is 26.8 Å². The molecule has 2 bridgehead atoms. The predicted molar refractivity (Wildman–Crippen MR) is 116 cm³/mol. The lowest BCUT2D eigenvalue weighted by Crippen LogP contribution is -3.00. The van der Waals surface area contributed by atoms with Crippen LogP contribution in [0.25, 0.3) is 0 Å². The standard InChI is InChI=1S/C24H28ClN2O4.ClH/c1-29-17-8-15-16(9-18(17)30-2)26-21(28)10-19-22-14-7-20-24(15,23(22)26)4-5-27(20,12-25)11-13(14)3-6-31-19;/h3,8-9,14,19-20,22-23H,4-7,10-12H2,1-2H3;1H/q+1;/p-1/t14-,19-,20-,22-,23-,24+,27?;/m0./s1. The molecule has 5 heterocycles. The number of rotatable bonds is 3. The van der Waals surface area contributed by atoms with Gasteiger partial charge in [-0.1, -0.05) is 17.7 Å². The van der Waals surface area contributed by atoms with Crippen molar-refractivity contribution in [3.8, 4) is 11.5 Å². The molecular weight excluding hydrogens is 451 g/mol. The van der Waals surface area contributed by atoms with Gasteiger partial charge in [0.2, 0.25) is 5.91 Å². The smallest absolute Gasteiger partial charge is 0.229 e. The number of piperidine rings is 2. The quantitative estimate of drug-likeness (QED) is 0.262. The maximum Gasteiger partial charge on any atom is 0.229 e. The van der Waals surface area contributed by atoms with Crippen molar-refractivity contribution in [3.63, 3.8) is 0 Å². The summed E-state index contributed by atoms with van der Waals surface area (Å²) in [6.45, 7) is 2.70. The summed E-state index contributed by atoms with van der Waals surface area (Å²) in [6.07, 6.45) is 4.95. The molecule has 5 aliphatic heterocycles. The van der Waals surface area contributed by atoms with Crippen LogP contribution in [-0.4, -0.2) is 68.5 Å². The van der Waals surface area contributed by atoms with E-state index in [1.807, 2.05) is 6.07 Å². The lowest BCUT2D eigenvalue weighted by Gasteiger charge is -2.60. The molecule has 0 aromatic heterocycles. The Kier molecular flexibility index (Phi) is 4.47. The molecule has 6 nitrogen and oxygen atoms in total. The second kappa shape index (κ2) is 6.78. The minimum absolute atomic E-state index is 0. The molecule has 3 saturated heterocycles. The van der Waals surface area contributed by atoms with E-state index < -0.39 is 0 Å². The summed E-state index contributed by atoms with van der Waals surface area (Å²) in [5.41, 5.74) is 3.69. The van der Waals surface area contributed by atoms with E-state index in [9.17, 15) is 4.79 Å².